The molecule has 0 saturated heterocycles. The van der Waals surface area contributed by atoms with E-state index in [9.17, 15) is 29.1 Å². The van der Waals surface area contributed by atoms with Gasteiger partial charge < -0.3 is 48.3 Å². The number of aliphatic imine (C=N–C) groups is 1. The molecule has 0 aliphatic rings. The molecule has 0 aliphatic heterocycles. The minimum Gasteiger partial charge on any atom is -0.481 e. The molecule has 39 heavy (non-hydrogen) atoms. The van der Waals surface area contributed by atoms with Gasteiger partial charge in [0.1, 0.15) is 18.1 Å². The number of aromatic amines is 1. The van der Waals surface area contributed by atoms with E-state index in [4.69, 9.17) is 22.3 Å². The molecule has 1 heterocycles. The van der Waals surface area contributed by atoms with Crippen LogP contribution in [0.25, 0.3) is 0 Å². The Morgan fingerprint density at radius 1 is 0.974 bits per heavy atom. The number of carbonyl (C=O) groups is 5. The Kier molecular flexibility index (Phi) is 14.0. The number of hydrogen-bond acceptors (Lipinski definition) is 8. The molecule has 0 saturated carbocycles. The summed E-state index contributed by atoms with van der Waals surface area (Å²) in [6.45, 7) is 3.89. The van der Waals surface area contributed by atoms with Crippen LogP contribution >= 0.6 is 0 Å². The van der Waals surface area contributed by atoms with Crippen LogP contribution in [0, 0.1) is 5.92 Å². The van der Waals surface area contributed by atoms with E-state index in [-0.39, 0.29) is 44.1 Å². The summed E-state index contributed by atoms with van der Waals surface area (Å²) in [6, 6.07) is -4.82. The van der Waals surface area contributed by atoms with E-state index in [0.29, 0.717) is 12.1 Å². The lowest BCUT2D eigenvalue weighted by molar-refractivity contribution is -0.142. The maximum atomic E-state index is 13.2. The fourth-order valence-corrected chi connectivity index (χ4v) is 3.56. The molecule has 0 aliphatic carbocycles. The number of aliphatic carboxylic acids is 2. The molecular weight excluding hydrogens is 514 g/mol. The zero-order valence-electron chi connectivity index (χ0n) is 22.1. The van der Waals surface area contributed by atoms with Crippen molar-refractivity contribution in [1.82, 2.24) is 25.9 Å². The predicted octanol–water partition coefficient (Wildman–Crippen LogP) is -2.22. The average molecular weight is 554 g/mol. The number of carboxylic acids is 2. The Balaban J connectivity index is 3.06. The molecule has 16 nitrogen and oxygen atoms in total. The van der Waals surface area contributed by atoms with Crippen molar-refractivity contribution in [1.29, 1.82) is 0 Å². The molecule has 0 radical (unpaired) electrons. The van der Waals surface area contributed by atoms with Crippen molar-refractivity contribution in [2.24, 2.45) is 28.1 Å². The van der Waals surface area contributed by atoms with E-state index in [2.05, 4.69) is 30.9 Å². The number of nitrogens with zero attached hydrogens (tertiary/aromatic N) is 2. The van der Waals surface area contributed by atoms with Gasteiger partial charge in [-0.25, -0.2) is 9.78 Å². The number of aromatic nitrogens is 2. The summed E-state index contributed by atoms with van der Waals surface area (Å²) in [7, 11) is 0. The third kappa shape index (κ3) is 13.2. The first-order valence-corrected chi connectivity index (χ1v) is 12.4. The monoisotopic (exact) mass is 553 g/mol. The molecule has 1 aromatic rings. The van der Waals surface area contributed by atoms with Gasteiger partial charge in [-0.3, -0.25) is 24.2 Å². The first kappa shape index (κ1) is 32.8. The number of carboxylic acid groups (broad SMARTS) is 2. The Bertz CT molecular complexity index is 994. The number of nitrogens with one attached hydrogen (secondary N) is 4. The zero-order chi connectivity index (χ0) is 29.5. The van der Waals surface area contributed by atoms with Crippen molar-refractivity contribution in [2.45, 2.75) is 76.5 Å². The standard InChI is InChI=1S/C23H39N9O7/c1-12(2)8-14(24)19(35)30-15(5-6-18(33)34)20(36)32-17(9-13-10-27-11-29-13)21(37)31-16(22(38)39)4-3-7-28-23(25)26/h10-12,14-17H,3-9,24H2,1-2H3,(H,27,29)(H,30,35)(H,31,37)(H,32,36)(H,33,34)(H,38,39)(H4,25,26,28). The van der Waals surface area contributed by atoms with Crippen LogP contribution in [0.15, 0.2) is 17.5 Å². The van der Waals surface area contributed by atoms with E-state index in [1.165, 1.54) is 12.5 Å². The number of imidazole rings is 1. The van der Waals surface area contributed by atoms with Gasteiger partial charge in [0.15, 0.2) is 5.96 Å². The highest BCUT2D eigenvalue weighted by Crippen LogP contribution is 2.07. The van der Waals surface area contributed by atoms with Gasteiger partial charge in [0.05, 0.1) is 12.4 Å². The van der Waals surface area contributed by atoms with E-state index in [0.717, 1.165) is 0 Å². The third-order valence-corrected chi connectivity index (χ3v) is 5.51. The Morgan fingerprint density at radius 2 is 1.59 bits per heavy atom. The molecule has 0 fully saturated rings. The van der Waals surface area contributed by atoms with Crippen LogP contribution in [0.4, 0.5) is 0 Å². The molecule has 1 aromatic heterocycles. The minimum atomic E-state index is -1.31. The van der Waals surface area contributed by atoms with Crippen LogP contribution in [0.3, 0.4) is 0 Å². The van der Waals surface area contributed by atoms with Crippen molar-refractivity contribution in [2.75, 3.05) is 6.54 Å². The van der Waals surface area contributed by atoms with Crippen LogP contribution in [0.1, 0.15) is 51.6 Å². The molecule has 1 rings (SSSR count). The van der Waals surface area contributed by atoms with Gasteiger partial charge in [-0.15, -0.1) is 0 Å². The smallest absolute Gasteiger partial charge is 0.326 e. The first-order valence-electron chi connectivity index (χ1n) is 12.4. The number of rotatable bonds is 18. The number of nitrogens with two attached hydrogens (primary N) is 3. The molecule has 16 heteroatoms. The largest absolute Gasteiger partial charge is 0.481 e. The molecular formula is C23H39N9O7. The number of amides is 3. The predicted molar refractivity (Wildman–Crippen MR) is 140 cm³/mol. The van der Waals surface area contributed by atoms with Crippen LogP contribution in [-0.2, 0) is 30.4 Å². The van der Waals surface area contributed by atoms with Gasteiger partial charge in [0.25, 0.3) is 0 Å². The summed E-state index contributed by atoms with van der Waals surface area (Å²) in [5, 5.41) is 26.0. The fraction of sp³-hybridized carbons (Fsp3) is 0.609. The lowest BCUT2D eigenvalue weighted by Crippen LogP contribution is -2.57. The zero-order valence-corrected chi connectivity index (χ0v) is 22.1. The molecule has 4 unspecified atom stereocenters. The van der Waals surface area contributed by atoms with Gasteiger partial charge in [-0.05, 0) is 31.6 Å². The molecule has 0 bridgehead atoms. The molecule has 0 spiro atoms. The third-order valence-electron chi connectivity index (χ3n) is 5.51. The van der Waals surface area contributed by atoms with Gasteiger partial charge in [0.2, 0.25) is 17.7 Å². The van der Waals surface area contributed by atoms with Gasteiger partial charge in [-0.1, -0.05) is 13.8 Å². The highest BCUT2D eigenvalue weighted by atomic mass is 16.4. The number of carbonyl (C=O) groups excluding carboxylic acids is 3. The van der Waals surface area contributed by atoms with Crippen LogP contribution in [0.5, 0.6) is 0 Å². The van der Waals surface area contributed by atoms with Crippen LogP contribution in [-0.4, -0.2) is 86.5 Å². The van der Waals surface area contributed by atoms with Crippen molar-refractivity contribution < 1.29 is 34.2 Å². The summed E-state index contributed by atoms with van der Waals surface area (Å²) in [5.41, 5.74) is 16.9. The van der Waals surface area contributed by atoms with Crippen molar-refractivity contribution >= 4 is 35.6 Å². The summed E-state index contributed by atoms with van der Waals surface area (Å²) in [6.07, 6.45) is 2.59. The van der Waals surface area contributed by atoms with Gasteiger partial charge in [0, 0.05) is 31.3 Å². The Labute approximate surface area is 225 Å². The highest BCUT2D eigenvalue weighted by Gasteiger charge is 2.31. The summed E-state index contributed by atoms with van der Waals surface area (Å²) < 4.78 is 0. The quantitative estimate of drug-likeness (QED) is 0.0533. The average Bonchev–Trinajstić information content (AvgIpc) is 3.35. The second-order valence-corrected chi connectivity index (χ2v) is 9.42. The molecule has 218 valence electrons. The van der Waals surface area contributed by atoms with Crippen molar-refractivity contribution in [3.8, 4) is 0 Å². The van der Waals surface area contributed by atoms with Gasteiger partial charge >= 0.3 is 11.9 Å². The van der Waals surface area contributed by atoms with Crippen molar-refractivity contribution in [3.63, 3.8) is 0 Å². The lowest BCUT2D eigenvalue weighted by atomic mass is 10.0. The van der Waals surface area contributed by atoms with Gasteiger partial charge in [-0.2, -0.15) is 0 Å². The maximum absolute atomic E-state index is 13.2. The normalized spacial score (nSPS) is 13.9. The van der Waals surface area contributed by atoms with Crippen molar-refractivity contribution in [3.05, 3.63) is 18.2 Å². The second kappa shape index (κ2) is 16.6. The molecule has 12 N–H and O–H groups in total. The first-order chi connectivity index (χ1) is 18.3. The lowest BCUT2D eigenvalue weighted by Gasteiger charge is -2.25. The Morgan fingerprint density at radius 3 is 2.13 bits per heavy atom. The van der Waals surface area contributed by atoms with E-state index in [1.54, 1.807) is 0 Å². The summed E-state index contributed by atoms with van der Waals surface area (Å²) in [5.74, 6) is -4.83. The van der Waals surface area contributed by atoms with Crippen LogP contribution in [0.2, 0.25) is 0 Å². The van der Waals surface area contributed by atoms with E-state index >= 15 is 0 Å². The second-order valence-electron chi connectivity index (χ2n) is 9.42. The number of guanidine groups is 1. The SMILES string of the molecule is CC(C)CC(N)C(=O)NC(CCC(=O)O)C(=O)NC(Cc1cnc[nH]1)C(=O)NC(CCCN=C(N)N)C(=O)O. The fourth-order valence-electron chi connectivity index (χ4n) is 3.56. The Hall–Kier alpha value is -4.21. The van der Waals surface area contributed by atoms with E-state index in [1.807, 2.05) is 13.8 Å². The molecule has 0 aromatic carbocycles. The highest BCUT2D eigenvalue weighted by molar-refractivity contribution is 5.94. The summed E-state index contributed by atoms with van der Waals surface area (Å²) >= 11 is 0. The van der Waals surface area contributed by atoms with E-state index < -0.39 is 60.2 Å². The number of hydrogen-bond donors (Lipinski definition) is 9. The number of H-pyrrole nitrogens is 1. The molecule has 3 amide bonds. The molecule has 4 atom stereocenters. The van der Waals surface area contributed by atoms with Crippen LogP contribution < -0.4 is 33.2 Å². The minimum absolute atomic E-state index is 0.00755. The topological polar surface area (TPSA) is 281 Å². The maximum Gasteiger partial charge on any atom is 0.326 e. The summed E-state index contributed by atoms with van der Waals surface area (Å²) in [4.78, 5) is 72.1.